The predicted octanol–water partition coefficient (Wildman–Crippen LogP) is 4.81. The number of rotatable bonds is 7. The molecule has 3 aromatic carbocycles. The summed E-state index contributed by atoms with van der Waals surface area (Å²) >= 11 is 1.54. The van der Waals surface area contributed by atoms with Crippen molar-refractivity contribution in [3.63, 3.8) is 0 Å². The molecule has 0 saturated carbocycles. The maximum Gasteiger partial charge on any atom is 0.255 e. The van der Waals surface area contributed by atoms with Crippen molar-refractivity contribution < 1.29 is 9.59 Å². The summed E-state index contributed by atoms with van der Waals surface area (Å²) in [5.41, 5.74) is 3.25. The van der Waals surface area contributed by atoms with Crippen molar-refractivity contribution >= 4 is 35.0 Å². The summed E-state index contributed by atoms with van der Waals surface area (Å²) in [4.78, 5) is 24.2. The maximum atomic E-state index is 12.2. The molecule has 136 valence electrons. The van der Waals surface area contributed by atoms with Crippen LogP contribution in [-0.4, -0.2) is 17.6 Å². The molecule has 0 aromatic heterocycles. The maximum absolute atomic E-state index is 12.2. The SMILES string of the molecule is O=C(CSCc1ccc(C(=O)Nc2ccccc2)cc1)Nc1ccccc1. The number of nitrogens with one attached hydrogen (secondary N) is 2. The van der Waals surface area contributed by atoms with Crippen LogP contribution in [0.4, 0.5) is 11.4 Å². The number of carbonyl (C=O) groups excluding carboxylic acids is 2. The summed E-state index contributed by atoms with van der Waals surface area (Å²) in [6.07, 6.45) is 0. The molecule has 0 radical (unpaired) electrons. The Kier molecular flexibility index (Phi) is 6.66. The van der Waals surface area contributed by atoms with E-state index in [4.69, 9.17) is 0 Å². The molecule has 3 rings (SSSR count). The molecule has 0 bridgehead atoms. The average Bonchev–Trinajstić information content (AvgIpc) is 2.70. The minimum atomic E-state index is -0.136. The van der Waals surface area contributed by atoms with E-state index in [1.54, 1.807) is 12.1 Å². The molecule has 0 unspecified atom stereocenters. The lowest BCUT2D eigenvalue weighted by molar-refractivity contribution is -0.113. The highest BCUT2D eigenvalue weighted by Gasteiger charge is 2.07. The van der Waals surface area contributed by atoms with Gasteiger partial charge in [0.15, 0.2) is 0 Å². The van der Waals surface area contributed by atoms with Gasteiger partial charge in [0.1, 0.15) is 0 Å². The van der Waals surface area contributed by atoms with Gasteiger partial charge >= 0.3 is 0 Å². The van der Waals surface area contributed by atoms with Crippen LogP contribution in [0, 0.1) is 0 Å². The zero-order chi connectivity index (χ0) is 18.9. The number of amides is 2. The van der Waals surface area contributed by atoms with Gasteiger partial charge in [-0.2, -0.15) is 0 Å². The number of thioether (sulfide) groups is 1. The van der Waals surface area contributed by atoms with E-state index in [9.17, 15) is 9.59 Å². The summed E-state index contributed by atoms with van der Waals surface area (Å²) in [6, 6.07) is 26.2. The number of para-hydroxylation sites is 2. The Hall–Kier alpha value is -3.05. The van der Waals surface area contributed by atoms with Gasteiger partial charge in [0.2, 0.25) is 5.91 Å². The zero-order valence-corrected chi connectivity index (χ0v) is 15.5. The topological polar surface area (TPSA) is 58.2 Å². The Labute approximate surface area is 163 Å². The molecule has 2 N–H and O–H groups in total. The van der Waals surface area contributed by atoms with Gasteiger partial charge in [-0.1, -0.05) is 48.5 Å². The van der Waals surface area contributed by atoms with E-state index >= 15 is 0 Å². The summed E-state index contributed by atoms with van der Waals surface area (Å²) in [6.45, 7) is 0. The van der Waals surface area contributed by atoms with Gasteiger partial charge in [-0.25, -0.2) is 0 Å². The summed E-state index contributed by atoms with van der Waals surface area (Å²) < 4.78 is 0. The van der Waals surface area contributed by atoms with Crippen molar-refractivity contribution in [2.75, 3.05) is 16.4 Å². The van der Waals surface area contributed by atoms with Crippen LogP contribution in [0.2, 0.25) is 0 Å². The first-order chi connectivity index (χ1) is 13.2. The molecule has 0 aliphatic carbocycles. The normalized spacial score (nSPS) is 10.2. The van der Waals surface area contributed by atoms with E-state index < -0.39 is 0 Å². The Morgan fingerprint density at radius 1 is 0.704 bits per heavy atom. The van der Waals surface area contributed by atoms with E-state index in [0.717, 1.165) is 16.9 Å². The van der Waals surface area contributed by atoms with Crippen LogP contribution in [0.1, 0.15) is 15.9 Å². The standard InChI is InChI=1S/C22H20N2O2S/c25-21(23-19-7-3-1-4-8-19)16-27-15-17-11-13-18(14-12-17)22(26)24-20-9-5-2-6-10-20/h1-14H,15-16H2,(H,23,25)(H,24,26). The van der Waals surface area contributed by atoms with Crippen LogP contribution in [0.15, 0.2) is 84.9 Å². The molecule has 0 heterocycles. The number of hydrogen-bond donors (Lipinski definition) is 2. The molecule has 3 aromatic rings. The molecule has 0 aliphatic heterocycles. The third-order valence-corrected chi connectivity index (χ3v) is 4.81. The quantitative estimate of drug-likeness (QED) is 0.622. The Balaban J connectivity index is 1.45. The number of anilines is 2. The molecule has 27 heavy (non-hydrogen) atoms. The summed E-state index contributed by atoms with van der Waals surface area (Å²) in [5.74, 6) is 0.932. The fourth-order valence-electron chi connectivity index (χ4n) is 2.46. The van der Waals surface area contributed by atoms with E-state index in [1.807, 2.05) is 72.8 Å². The minimum Gasteiger partial charge on any atom is -0.325 e. The van der Waals surface area contributed by atoms with E-state index in [-0.39, 0.29) is 11.8 Å². The second-order valence-corrected chi connectivity index (χ2v) is 6.91. The molecular formula is C22H20N2O2S. The first kappa shape index (κ1) is 18.7. The highest BCUT2D eigenvalue weighted by Crippen LogP contribution is 2.15. The summed E-state index contributed by atoms with van der Waals surface area (Å²) in [7, 11) is 0. The summed E-state index contributed by atoms with van der Waals surface area (Å²) in [5, 5.41) is 5.72. The first-order valence-electron chi connectivity index (χ1n) is 8.59. The molecular weight excluding hydrogens is 356 g/mol. The Morgan fingerprint density at radius 3 is 1.85 bits per heavy atom. The molecule has 2 amide bonds. The lowest BCUT2D eigenvalue weighted by Gasteiger charge is -2.07. The van der Waals surface area contributed by atoms with Crippen molar-refractivity contribution in [2.24, 2.45) is 0 Å². The van der Waals surface area contributed by atoms with Gasteiger partial charge in [-0.15, -0.1) is 11.8 Å². The fourth-order valence-corrected chi connectivity index (χ4v) is 3.25. The van der Waals surface area contributed by atoms with Gasteiger partial charge in [0.25, 0.3) is 5.91 Å². The van der Waals surface area contributed by atoms with Crippen LogP contribution in [0.3, 0.4) is 0 Å². The van der Waals surface area contributed by atoms with Gasteiger partial charge in [-0.05, 0) is 42.0 Å². The predicted molar refractivity (Wildman–Crippen MR) is 112 cm³/mol. The highest BCUT2D eigenvalue weighted by atomic mass is 32.2. The fraction of sp³-hybridized carbons (Fsp3) is 0.0909. The largest absolute Gasteiger partial charge is 0.325 e. The lowest BCUT2D eigenvalue weighted by atomic mass is 10.1. The van der Waals surface area contributed by atoms with E-state index in [1.165, 1.54) is 11.8 Å². The molecule has 5 heteroatoms. The average molecular weight is 376 g/mol. The van der Waals surface area contributed by atoms with Crippen molar-refractivity contribution in [3.8, 4) is 0 Å². The Bertz CT molecular complexity index is 881. The van der Waals surface area contributed by atoms with E-state index in [0.29, 0.717) is 17.1 Å². The lowest BCUT2D eigenvalue weighted by Crippen LogP contribution is -2.14. The van der Waals surface area contributed by atoms with Crippen LogP contribution < -0.4 is 10.6 Å². The van der Waals surface area contributed by atoms with Crippen molar-refractivity contribution in [2.45, 2.75) is 5.75 Å². The number of benzene rings is 3. The zero-order valence-electron chi connectivity index (χ0n) is 14.7. The molecule has 0 fully saturated rings. The van der Waals surface area contributed by atoms with Crippen LogP contribution >= 0.6 is 11.8 Å². The molecule has 0 saturated heterocycles. The third-order valence-electron chi connectivity index (χ3n) is 3.81. The van der Waals surface area contributed by atoms with Crippen molar-refractivity contribution in [1.82, 2.24) is 0 Å². The molecule has 0 aliphatic rings. The van der Waals surface area contributed by atoms with Gasteiger partial charge in [0, 0.05) is 22.7 Å². The van der Waals surface area contributed by atoms with E-state index in [2.05, 4.69) is 10.6 Å². The highest BCUT2D eigenvalue weighted by molar-refractivity contribution is 7.99. The number of hydrogen-bond acceptors (Lipinski definition) is 3. The monoisotopic (exact) mass is 376 g/mol. The van der Waals surface area contributed by atoms with Gasteiger partial charge in [0.05, 0.1) is 5.75 Å². The molecule has 0 spiro atoms. The van der Waals surface area contributed by atoms with Gasteiger partial charge in [-0.3, -0.25) is 9.59 Å². The van der Waals surface area contributed by atoms with Gasteiger partial charge < -0.3 is 10.6 Å². The Morgan fingerprint density at radius 2 is 1.26 bits per heavy atom. The smallest absolute Gasteiger partial charge is 0.255 e. The second-order valence-electron chi connectivity index (χ2n) is 5.92. The molecule has 4 nitrogen and oxygen atoms in total. The molecule has 0 atom stereocenters. The third kappa shape index (κ3) is 6.01. The minimum absolute atomic E-state index is 0.0231. The van der Waals surface area contributed by atoms with Crippen LogP contribution in [-0.2, 0) is 10.5 Å². The van der Waals surface area contributed by atoms with Crippen LogP contribution in [0.25, 0.3) is 0 Å². The van der Waals surface area contributed by atoms with Crippen molar-refractivity contribution in [1.29, 1.82) is 0 Å². The van der Waals surface area contributed by atoms with Crippen LogP contribution in [0.5, 0.6) is 0 Å². The number of carbonyl (C=O) groups is 2. The van der Waals surface area contributed by atoms with Crippen molar-refractivity contribution in [3.05, 3.63) is 96.1 Å². The first-order valence-corrected chi connectivity index (χ1v) is 9.74. The second kappa shape index (κ2) is 9.59.